The van der Waals surface area contributed by atoms with E-state index in [1.54, 1.807) is 30.3 Å². The minimum absolute atomic E-state index is 0.0843. The Balaban J connectivity index is 2.09. The van der Waals surface area contributed by atoms with Crippen LogP contribution in [0.1, 0.15) is 32.7 Å². The van der Waals surface area contributed by atoms with Crippen LogP contribution >= 0.6 is 0 Å². The number of hydrogen-bond acceptors (Lipinski definition) is 2. The summed E-state index contributed by atoms with van der Waals surface area (Å²) in [6, 6.07) is 24.8. The highest BCUT2D eigenvalue weighted by molar-refractivity contribution is 5.85. The zero-order valence-corrected chi connectivity index (χ0v) is 15.8. The van der Waals surface area contributed by atoms with Gasteiger partial charge in [-0.25, -0.2) is 18.6 Å². The van der Waals surface area contributed by atoms with Crippen LogP contribution < -0.4 is 0 Å². The Kier molecular flexibility index (Phi) is 5.11. The molecule has 0 atom stereocenters. The number of hydrogen-bond donors (Lipinski definition) is 1. The monoisotopic (exact) mass is 401 g/mol. The molecule has 0 fully saturated rings. The summed E-state index contributed by atoms with van der Waals surface area (Å²) in [4.78, 5) is 15.4. The van der Waals surface area contributed by atoms with Crippen LogP contribution in [0.4, 0.5) is 8.78 Å². The summed E-state index contributed by atoms with van der Waals surface area (Å²) in [5.41, 5.74) is 1.98. The summed E-state index contributed by atoms with van der Waals surface area (Å²) in [5.74, 6) is -1.88. The quantitative estimate of drug-likeness (QED) is 0.453. The van der Waals surface area contributed by atoms with Gasteiger partial charge in [0.05, 0.1) is 5.41 Å². The van der Waals surface area contributed by atoms with Gasteiger partial charge in [0.1, 0.15) is 17.3 Å². The van der Waals surface area contributed by atoms with Crippen LogP contribution in [0.15, 0.2) is 97.2 Å². The van der Waals surface area contributed by atoms with E-state index < -0.39 is 11.4 Å². The molecule has 1 aromatic heterocycles. The van der Waals surface area contributed by atoms with Crippen molar-refractivity contribution in [3.63, 3.8) is 0 Å². The van der Waals surface area contributed by atoms with Crippen LogP contribution in [-0.4, -0.2) is 16.1 Å². The third-order valence-electron chi connectivity index (χ3n) is 5.18. The van der Waals surface area contributed by atoms with E-state index in [0.29, 0.717) is 5.56 Å². The molecule has 148 valence electrons. The molecule has 3 nitrogen and oxygen atoms in total. The molecule has 0 aliphatic heterocycles. The highest BCUT2D eigenvalue weighted by Crippen LogP contribution is 2.44. The Hall–Kier alpha value is -3.86. The highest BCUT2D eigenvalue weighted by Gasteiger charge is 2.38. The van der Waals surface area contributed by atoms with Gasteiger partial charge in [-0.15, -0.1) is 0 Å². The van der Waals surface area contributed by atoms with Gasteiger partial charge in [-0.3, -0.25) is 0 Å². The van der Waals surface area contributed by atoms with Gasteiger partial charge in [0, 0.05) is 6.20 Å². The molecule has 0 radical (unpaired) electrons. The van der Waals surface area contributed by atoms with Crippen LogP contribution in [0.25, 0.3) is 0 Å². The predicted octanol–water partition coefficient (Wildman–Crippen LogP) is 5.44. The molecule has 0 unspecified atom stereocenters. The second kappa shape index (κ2) is 7.87. The fourth-order valence-electron chi connectivity index (χ4n) is 3.83. The van der Waals surface area contributed by atoms with Crippen LogP contribution in [0.3, 0.4) is 0 Å². The van der Waals surface area contributed by atoms with Gasteiger partial charge in [-0.1, -0.05) is 60.7 Å². The first-order valence-electron chi connectivity index (χ1n) is 9.29. The van der Waals surface area contributed by atoms with Gasteiger partial charge < -0.3 is 5.11 Å². The average Bonchev–Trinajstić information content (AvgIpc) is 2.78. The number of halogens is 2. The van der Waals surface area contributed by atoms with Crippen molar-refractivity contribution in [3.05, 3.63) is 137 Å². The van der Waals surface area contributed by atoms with Crippen LogP contribution in [-0.2, 0) is 5.41 Å². The summed E-state index contributed by atoms with van der Waals surface area (Å²) < 4.78 is 27.5. The summed E-state index contributed by atoms with van der Waals surface area (Å²) in [6.07, 6.45) is 1.50. The molecular formula is C25H17F2NO2. The number of pyridine rings is 1. The Morgan fingerprint density at radius 2 is 1.13 bits per heavy atom. The average molecular weight is 401 g/mol. The minimum Gasteiger partial charge on any atom is -0.477 e. The molecule has 0 bridgehead atoms. The molecule has 3 aromatic carbocycles. The molecular weight excluding hydrogens is 384 g/mol. The fourth-order valence-corrected chi connectivity index (χ4v) is 3.83. The second-order valence-electron chi connectivity index (χ2n) is 6.87. The molecule has 5 heteroatoms. The second-order valence-corrected chi connectivity index (χ2v) is 6.87. The number of carboxylic acids is 1. The van der Waals surface area contributed by atoms with Gasteiger partial charge in [-0.2, -0.15) is 0 Å². The SMILES string of the molecule is O=C(O)c1ccc(C(c2ccccc2)(c2ccc(F)cc2)c2ccc(F)cc2)cn1. The van der Waals surface area contributed by atoms with Crippen molar-refractivity contribution >= 4 is 5.97 Å². The van der Waals surface area contributed by atoms with Crippen molar-refractivity contribution in [1.29, 1.82) is 0 Å². The van der Waals surface area contributed by atoms with Crippen molar-refractivity contribution in [2.75, 3.05) is 0 Å². The maximum atomic E-state index is 13.7. The van der Waals surface area contributed by atoms with E-state index in [2.05, 4.69) is 4.98 Å². The maximum Gasteiger partial charge on any atom is 0.354 e. The summed E-state index contributed by atoms with van der Waals surface area (Å²) in [5, 5.41) is 9.24. The third kappa shape index (κ3) is 3.35. The lowest BCUT2D eigenvalue weighted by molar-refractivity contribution is 0.0690. The van der Waals surface area contributed by atoms with Gasteiger partial charge in [0.25, 0.3) is 0 Å². The van der Waals surface area contributed by atoms with Crippen LogP contribution in [0.2, 0.25) is 0 Å². The molecule has 0 aliphatic rings. The van der Waals surface area contributed by atoms with Gasteiger partial charge in [0.2, 0.25) is 0 Å². The number of aromatic carboxylic acids is 1. The summed E-state index contributed by atoms with van der Waals surface area (Å²) in [6.45, 7) is 0. The fraction of sp³-hybridized carbons (Fsp3) is 0.0400. The first-order chi connectivity index (χ1) is 14.5. The number of aromatic nitrogens is 1. The highest BCUT2D eigenvalue weighted by atomic mass is 19.1. The Morgan fingerprint density at radius 1 is 0.667 bits per heavy atom. The van der Waals surface area contributed by atoms with Gasteiger partial charge in [-0.05, 0) is 52.6 Å². The lowest BCUT2D eigenvalue weighted by Crippen LogP contribution is -2.31. The van der Waals surface area contributed by atoms with Crippen molar-refractivity contribution in [1.82, 2.24) is 4.98 Å². The molecule has 30 heavy (non-hydrogen) atoms. The van der Waals surface area contributed by atoms with Crippen molar-refractivity contribution in [3.8, 4) is 0 Å². The third-order valence-corrected chi connectivity index (χ3v) is 5.18. The predicted molar refractivity (Wildman–Crippen MR) is 109 cm³/mol. The normalized spacial score (nSPS) is 11.3. The lowest BCUT2D eigenvalue weighted by atomic mass is 9.65. The zero-order chi connectivity index (χ0) is 21.1. The number of rotatable bonds is 5. The van der Waals surface area contributed by atoms with Crippen molar-refractivity contribution in [2.24, 2.45) is 0 Å². The maximum absolute atomic E-state index is 13.7. The number of carbonyl (C=O) groups is 1. The number of nitrogens with zero attached hydrogens (tertiary/aromatic N) is 1. The topological polar surface area (TPSA) is 50.2 Å². The van der Waals surface area contributed by atoms with Crippen LogP contribution in [0.5, 0.6) is 0 Å². The lowest BCUT2D eigenvalue weighted by Gasteiger charge is -2.36. The summed E-state index contributed by atoms with van der Waals surface area (Å²) >= 11 is 0. The molecule has 0 saturated heterocycles. The largest absolute Gasteiger partial charge is 0.477 e. The van der Waals surface area contributed by atoms with E-state index in [9.17, 15) is 18.7 Å². The van der Waals surface area contributed by atoms with Crippen molar-refractivity contribution < 1.29 is 18.7 Å². The Labute approximate surface area is 172 Å². The van der Waals surface area contributed by atoms with E-state index >= 15 is 0 Å². The number of benzene rings is 3. The van der Waals surface area contributed by atoms with Crippen LogP contribution in [0, 0.1) is 11.6 Å². The first kappa shape index (κ1) is 19.5. The van der Waals surface area contributed by atoms with E-state index in [0.717, 1.165) is 16.7 Å². The van der Waals surface area contributed by atoms with Crippen molar-refractivity contribution in [2.45, 2.75) is 5.41 Å². The molecule has 0 aliphatic carbocycles. The van der Waals surface area contributed by atoms with E-state index in [4.69, 9.17) is 0 Å². The molecule has 4 aromatic rings. The van der Waals surface area contributed by atoms with E-state index in [1.165, 1.54) is 36.5 Å². The van der Waals surface area contributed by atoms with E-state index in [-0.39, 0.29) is 17.3 Å². The zero-order valence-electron chi connectivity index (χ0n) is 15.8. The standard InChI is InChI=1S/C25H17F2NO2/c26-21-11-6-18(7-12-21)25(17-4-2-1-3-5-17,19-8-13-22(27)14-9-19)20-10-15-23(24(29)30)28-16-20/h1-16H,(H,29,30). The molecule has 1 heterocycles. The number of carboxylic acid groups (broad SMARTS) is 1. The molecule has 0 saturated carbocycles. The smallest absolute Gasteiger partial charge is 0.354 e. The van der Waals surface area contributed by atoms with Gasteiger partial charge >= 0.3 is 5.97 Å². The Bertz CT molecular complexity index is 1110. The molecule has 1 N–H and O–H groups in total. The molecule has 0 amide bonds. The Morgan fingerprint density at radius 3 is 1.57 bits per heavy atom. The van der Waals surface area contributed by atoms with E-state index in [1.807, 2.05) is 30.3 Å². The van der Waals surface area contributed by atoms with Gasteiger partial charge in [0.15, 0.2) is 0 Å². The first-order valence-corrected chi connectivity index (χ1v) is 9.29. The molecule has 0 spiro atoms. The minimum atomic E-state index is -1.13. The molecule has 4 rings (SSSR count). The summed E-state index contributed by atoms with van der Waals surface area (Å²) in [7, 11) is 0.